The maximum atomic E-state index is 1.82. The number of hydrogen-bond acceptors (Lipinski definition) is 0. The maximum absolute atomic E-state index is 1.82. The third-order valence-electron chi connectivity index (χ3n) is 0.192. The van der Waals surface area contributed by atoms with Crippen molar-refractivity contribution in [2.75, 3.05) is 0 Å². The summed E-state index contributed by atoms with van der Waals surface area (Å²) in [6, 6.07) is 0. The van der Waals surface area contributed by atoms with Crippen molar-refractivity contribution in [3.8, 4) is 0 Å². The Hall–Kier alpha value is 2.37. The molecule has 1 aliphatic rings. The zero-order chi connectivity index (χ0) is 2.83. The van der Waals surface area contributed by atoms with Crippen LogP contribution in [-0.4, -0.2) is 47.3 Å². The van der Waals surface area contributed by atoms with Crippen LogP contribution in [0.3, 0.4) is 0 Å². The van der Waals surface area contributed by atoms with Crippen LogP contribution in [0.2, 0.25) is 2.52 Å². The number of hydrogen-bond donors (Lipinski definition) is 0. The topological polar surface area (TPSA) is 0 Å². The SMILES string of the molecule is C1[Te][Te][Te]1. The summed E-state index contributed by atoms with van der Waals surface area (Å²) in [5.74, 6) is 0. The molecule has 1 aliphatic heterocycles. The van der Waals surface area contributed by atoms with Gasteiger partial charge in [-0.3, -0.25) is 0 Å². The van der Waals surface area contributed by atoms with E-state index < -0.39 is 0 Å². The Morgan fingerprint density at radius 2 is 1.50 bits per heavy atom. The van der Waals surface area contributed by atoms with Gasteiger partial charge in [0, 0.05) is 0 Å². The summed E-state index contributed by atoms with van der Waals surface area (Å²) < 4.78 is 1.82. The van der Waals surface area contributed by atoms with Crippen molar-refractivity contribution in [2.45, 2.75) is 2.52 Å². The van der Waals surface area contributed by atoms with Crippen molar-refractivity contribution in [2.24, 2.45) is 0 Å². The van der Waals surface area contributed by atoms with E-state index in [1.165, 1.54) is 0 Å². The molecule has 0 radical (unpaired) electrons. The Kier molecular flexibility index (Phi) is 2.86. The van der Waals surface area contributed by atoms with Crippen molar-refractivity contribution in [3.05, 3.63) is 0 Å². The van der Waals surface area contributed by atoms with Crippen LogP contribution < -0.4 is 0 Å². The zero-order valence-electron chi connectivity index (χ0n) is 1.93. The molecule has 4 heavy (non-hydrogen) atoms. The summed E-state index contributed by atoms with van der Waals surface area (Å²) in [7, 11) is 0. The summed E-state index contributed by atoms with van der Waals surface area (Å²) in [5.41, 5.74) is 0. The van der Waals surface area contributed by atoms with Gasteiger partial charge in [0.15, 0.2) is 0 Å². The molecule has 0 nitrogen and oxygen atoms in total. The van der Waals surface area contributed by atoms with E-state index in [1.54, 1.807) is 0 Å². The van der Waals surface area contributed by atoms with E-state index >= 15 is 0 Å². The first-order valence-corrected chi connectivity index (χ1v) is 18.9. The fraction of sp³-hybridized carbons (Fsp3) is 1.00. The van der Waals surface area contributed by atoms with Crippen LogP contribution in [0.5, 0.6) is 0 Å². The second kappa shape index (κ2) is 2.53. The predicted octanol–water partition coefficient (Wildman–Crippen LogP) is -0.682. The minimum atomic E-state index is 0.850. The van der Waals surface area contributed by atoms with Crippen LogP contribution >= 0.6 is 0 Å². The zero-order valence-corrected chi connectivity index (χ0v) is 8.92. The minimum absolute atomic E-state index is 0.850. The first-order chi connectivity index (χ1) is 2.00. The molecule has 1 heterocycles. The molecule has 3 heteroatoms. The van der Waals surface area contributed by atoms with E-state index in [9.17, 15) is 0 Å². The molecule has 1 rings (SSSR count). The Bertz CT molecular complexity index is 11.2. The van der Waals surface area contributed by atoms with Gasteiger partial charge in [0.05, 0.1) is 0 Å². The Balaban J connectivity index is 2.00. The molecule has 0 aliphatic carbocycles. The molecule has 1 fully saturated rings. The second-order valence-corrected chi connectivity index (χ2v) is 36.4. The van der Waals surface area contributed by atoms with Crippen molar-refractivity contribution in [1.82, 2.24) is 0 Å². The van der Waals surface area contributed by atoms with E-state index in [2.05, 4.69) is 0 Å². The molecule has 0 aromatic heterocycles. The molecule has 1 saturated heterocycles. The average molecular weight is 397 g/mol. The molecule has 24 valence electrons. The first-order valence-electron chi connectivity index (χ1n) is 0.911. The van der Waals surface area contributed by atoms with Gasteiger partial charge in [0.25, 0.3) is 0 Å². The van der Waals surface area contributed by atoms with Gasteiger partial charge in [-0.05, 0) is 0 Å². The van der Waals surface area contributed by atoms with Crippen LogP contribution in [0, 0.1) is 0 Å². The first kappa shape index (κ1) is 4.53. The Labute approximate surface area is 48.7 Å². The molecule has 0 aromatic rings. The fourth-order valence-electron chi connectivity index (χ4n) is 0.0481. The van der Waals surface area contributed by atoms with Crippen molar-refractivity contribution in [1.29, 1.82) is 0 Å². The van der Waals surface area contributed by atoms with Crippen molar-refractivity contribution < 1.29 is 0 Å². The standard InChI is InChI=1S/CH2Te3/c1-2-4-3-1/h1H2. The third-order valence-corrected chi connectivity index (χ3v) is 58.1. The van der Waals surface area contributed by atoms with E-state index in [0.717, 1.165) is 47.3 Å². The molecule has 0 amide bonds. The van der Waals surface area contributed by atoms with Gasteiger partial charge >= 0.3 is 49.8 Å². The van der Waals surface area contributed by atoms with E-state index in [1.807, 2.05) is 2.52 Å². The average Bonchev–Trinajstić information content (AvgIpc) is 0.722. The third kappa shape index (κ3) is 1.22. The summed E-state index contributed by atoms with van der Waals surface area (Å²) in [5, 5.41) is 0. The summed E-state index contributed by atoms with van der Waals surface area (Å²) in [4.78, 5) is 0. The second-order valence-electron chi connectivity index (χ2n) is 0.422. The van der Waals surface area contributed by atoms with Crippen LogP contribution in [-0.2, 0) is 0 Å². The molecular weight excluding hydrogens is 395 g/mol. The van der Waals surface area contributed by atoms with Crippen LogP contribution in [0.15, 0.2) is 0 Å². The molecule has 0 spiro atoms. The van der Waals surface area contributed by atoms with Crippen LogP contribution in [0.25, 0.3) is 0 Å². The quantitative estimate of drug-likeness (QED) is 0.476. The van der Waals surface area contributed by atoms with Gasteiger partial charge in [-0.1, -0.05) is 0 Å². The molecule has 0 saturated carbocycles. The Morgan fingerprint density at radius 1 is 1.25 bits per heavy atom. The van der Waals surface area contributed by atoms with Gasteiger partial charge in [-0.25, -0.2) is 0 Å². The van der Waals surface area contributed by atoms with Crippen LogP contribution in [0.4, 0.5) is 0 Å². The monoisotopic (exact) mass is 404 g/mol. The fourth-order valence-corrected chi connectivity index (χ4v) is 14.5. The molecule has 0 atom stereocenters. The van der Waals surface area contributed by atoms with E-state index in [0.29, 0.717) is 0 Å². The van der Waals surface area contributed by atoms with Crippen molar-refractivity contribution in [3.63, 3.8) is 0 Å². The molecular formula is CH2Te3. The number of rotatable bonds is 0. The molecule has 0 aromatic carbocycles. The van der Waals surface area contributed by atoms with Gasteiger partial charge in [-0.15, -0.1) is 0 Å². The molecule has 0 unspecified atom stereocenters. The van der Waals surface area contributed by atoms with E-state index in [4.69, 9.17) is 0 Å². The Morgan fingerprint density at radius 3 is 1.50 bits per heavy atom. The van der Waals surface area contributed by atoms with Crippen molar-refractivity contribution >= 4 is 47.3 Å². The van der Waals surface area contributed by atoms with E-state index in [-0.39, 0.29) is 0 Å². The molecule has 0 N–H and O–H groups in total. The summed E-state index contributed by atoms with van der Waals surface area (Å²) in [6.45, 7) is 0. The summed E-state index contributed by atoms with van der Waals surface area (Å²) >= 11 is 2.62. The van der Waals surface area contributed by atoms with Crippen LogP contribution in [0.1, 0.15) is 0 Å². The predicted molar refractivity (Wildman–Crippen MR) is 22.1 cm³/mol. The van der Waals surface area contributed by atoms with Gasteiger partial charge in [0.1, 0.15) is 0 Å². The van der Waals surface area contributed by atoms with Gasteiger partial charge < -0.3 is 0 Å². The summed E-state index contributed by atoms with van der Waals surface area (Å²) in [6.07, 6.45) is 0. The normalized spacial score (nSPS) is 24.0. The van der Waals surface area contributed by atoms with Gasteiger partial charge in [-0.2, -0.15) is 0 Å². The van der Waals surface area contributed by atoms with Gasteiger partial charge in [0.2, 0.25) is 0 Å². The molecule has 0 bridgehead atoms.